The van der Waals surface area contributed by atoms with E-state index in [9.17, 15) is 0 Å². The third-order valence-corrected chi connectivity index (χ3v) is 1.70. The topological polar surface area (TPSA) is 20.2 Å². The summed E-state index contributed by atoms with van der Waals surface area (Å²) in [5, 5.41) is 8.36. The van der Waals surface area contributed by atoms with E-state index < -0.39 is 0 Å². The van der Waals surface area contributed by atoms with Crippen LogP contribution in [0.1, 0.15) is 12.0 Å². The number of rotatable bonds is 2. The van der Waals surface area contributed by atoms with Crippen molar-refractivity contribution in [2.24, 2.45) is 0 Å². The lowest BCUT2D eigenvalue weighted by Gasteiger charge is -1.93. The number of hydrogen-bond donors (Lipinski definition) is 1. The lowest BCUT2D eigenvalue weighted by Crippen LogP contribution is -1.81. The fraction of sp³-hybridized carbons (Fsp3) is 0.231. The molecule has 0 bridgehead atoms. The molecular weight excluding hydrogens is 172 g/mol. The van der Waals surface area contributed by atoms with Crippen molar-refractivity contribution in [3.05, 3.63) is 35.9 Å². The van der Waals surface area contributed by atoms with Gasteiger partial charge in [0.15, 0.2) is 0 Å². The van der Waals surface area contributed by atoms with Crippen LogP contribution < -0.4 is 0 Å². The summed E-state index contributed by atoms with van der Waals surface area (Å²) < 4.78 is 0. The summed E-state index contributed by atoms with van der Waals surface area (Å²) in [5.41, 5.74) is 1.29. The molecule has 1 heteroatoms. The maximum absolute atomic E-state index is 8.36. The van der Waals surface area contributed by atoms with Crippen LogP contribution in [0.25, 0.3) is 0 Å². The molecule has 0 saturated heterocycles. The summed E-state index contributed by atoms with van der Waals surface area (Å²) in [4.78, 5) is 0. The molecule has 0 saturated carbocycles. The van der Waals surface area contributed by atoms with Gasteiger partial charge in [0.25, 0.3) is 0 Å². The summed E-state index contributed by atoms with van der Waals surface area (Å²) in [5.74, 6) is 10.7. The molecule has 0 aliphatic carbocycles. The maximum Gasteiger partial charge on any atom is 0.105 e. The molecule has 1 aromatic rings. The van der Waals surface area contributed by atoms with Gasteiger partial charge in [-0.3, -0.25) is 0 Å². The molecule has 0 unspecified atom stereocenters. The highest BCUT2D eigenvalue weighted by Gasteiger charge is 1.86. The molecule has 0 aromatic heterocycles. The SMILES string of the molecule is OCC#CC#CCCc1ccccc1. The number of hydrogen-bond acceptors (Lipinski definition) is 1. The smallest absolute Gasteiger partial charge is 0.105 e. The summed E-state index contributed by atoms with van der Waals surface area (Å²) in [6, 6.07) is 10.2. The van der Waals surface area contributed by atoms with Gasteiger partial charge >= 0.3 is 0 Å². The van der Waals surface area contributed by atoms with E-state index in [0.717, 1.165) is 12.8 Å². The zero-order chi connectivity index (χ0) is 10.1. The Morgan fingerprint density at radius 2 is 1.71 bits per heavy atom. The molecule has 0 aliphatic heterocycles. The van der Waals surface area contributed by atoms with Crippen molar-refractivity contribution in [1.82, 2.24) is 0 Å². The van der Waals surface area contributed by atoms with Crippen LogP contribution in [0.15, 0.2) is 30.3 Å². The van der Waals surface area contributed by atoms with Crippen LogP contribution in [-0.2, 0) is 6.42 Å². The van der Waals surface area contributed by atoms with Crippen molar-refractivity contribution in [1.29, 1.82) is 0 Å². The molecule has 0 aliphatic rings. The van der Waals surface area contributed by atoms with Crippen molar-refractivity contribution in [2.45, 2.75) is 12.8 Å². The van der Waals surface area contributed by atoms with Gasteiger partial charge in [-0.1, -0.05) is 42.2 Å². The third kappa shape index (κ3) is 4.36. The standard InChI is InChI=1S/C13H12O/c14-12-8-3-1-2-5-9-13-10-6-4-7-11-13/h4,6-7,10-11,14H,5,9,12H2. The van der Waals surface area contributed by atoms with Crippen molar-refractivity contribution >= 4 is 0 Å². The molecule has 1 rings (SSSR count). The highest BCUT2D eigenvalue weighted by Crippen LogP contribution is 2.00. The first kappa shape index (κ1) is 10.4. The first-order valence-corrected chi connectivity index (χ1v) is 4.54. The molecule has 1 nitrogen and oxygen atoms in total. The Bertz CT molecular complexity index is 370. The molecule has 0 radical (unpaired) electrons. The zero-order valence-corrected chi connectivity index (χ0v) is 7.96. The van der Waals surface area contributed by atoms with Gasteiger partial charge in [0.05, 0.1) is 0 Å². The largest absolute Gasteiger partial charge is 0.384 e. The van der Waals surface area contributed by atoms with Gasteiger partial charge in [0, 0.05) is 6.42 Å². The minimum absolute atomic E-state index is 0.118. The molecule has 0 amide bonds. The highest BCUT2D eigenvalue weighted by molar-refractivity contribution is 5.26. The van der Waals surface area contributed by atoms with Gasteiger partial charge in [-0.25, -0.2) is 0 Å². The number of benzene rings is 1. The van der Waals surface area contributed by atoms with E-state index in [1.807, 2.05) is 18.2 Å². The zero-order valence-electron chi connectivity index (χ0n) is 7.96. The molecular formula is C13H12O. The van der Waals surface area contributed by atoms with Gasteiger partial charge in [-0.2, -0.15) is 0 Å². The Labute approximate surface area is 84.8 Å². The summed E-state index contributed by atoms with van der Waals surface area (Å²) >= 11 is 0. The monoisotopic (exact) mass is 184 g/mol. The van der Waals surface area contributed by atoms with Crippen molar-refractivity contribution in [3.63, 3.8) is 0 Å². The Morgan fingerprint density at radius 3 is 2.43 bits per heavy atom. The van der Waals surface area contributed by atoms with E-state index in [0.29, 0.717) is 0 Å². The first-order chi connectivity index (χ1) is 6.93. The van der Waals surface area contributed by atoms with E-state index in [-0.39, 0.29) is 6.61 Å². The van der Waals surface area contributed by atoms with E-state index in [1.54, 1.807) is 0 Å². The number of aryl methyl sites for hydroxylation is 1. The van der Waals surface area contributed by atoms with E-state index in [4.69, 9.17) is 5.11 Å². The Kier molecular flexibility index (Phi) is 5.03. The van der Waals surface area contributed by atoms with Crippen LogP contribution in [0.3, 0.4) is 0 Å². The molecule has 14 heavy (non-hydrogen) atoms. The first-order valence-electron chi connectivity index (χ1n) is 4.54. The van der Waals surface area contributed by atoms with Gasteiger partial charge in [-0.15, -0.1) is 0 Å². The van der Waals surface area contributed by atoms with Crippen molar-refractivity contribution in [3.8, 4) is 23.7 Å². The molecule has 0 atom stereocenters. The Morgan fingerprint density at radius 1 is 1.00 bits per heavy atom. The average Bonchev–Trinajstić information content (AvgIpc) is 2.25. The summed E-state index contributed by atoms with van der Waals surface area (Å²) in [7, 11) is 0. The Hall–Kier alpha value is -1.70. The normalized spacial score (nSPS) is 8.07. The molecule has 0 spiro atoms. The second-order valence-electron chi connectivity index (χ2n) is 2.75. The second-order valence-corrected chi connectivity index (χ2v) is 2.75. The predicted molar refractivity (Wildman–Crippen MR) is 57.4 cm³/mol. The quantitative estimate of drug-likeness (QED) is 0.692. The van der Waals surface area contributed by atoms with Crippen LogP contribution in [0.2, 0.25) is 0 Å². The fourth-order valence-electron chi connectivity index (χ4n) is 1.04. The van der Waals surface area contributed by atoms with Crippen LogP contribution in [0, 0.1) is 23.7 Å². The van der Waals surface area contributed by atoms with Crippen LogP contribution in [-0.4, -0.2) is 11.7 Å². The molecule has 0 fully saturated rings. The third-order valence-electron chi connectivity index (χ3n) is 1.70. The van der Waals surface area contributed by atoms with Crippen LogP contribution >= 0.6 is 0 Å². The average molecular weight is 184 g/mol. The molecule has 1 aromatic carbocycles. The van der Waals surface area contributed by atoms with Gasteiger partial charge in [0.2, 0.25) is 0 Å². The molecule has 1 N–H and O–H groups in total. The minimum Gasteiger partial charge on any atom is -0.384 e. The molecule has 0 heterocycles. The van der Waals surface area contributed by atoms with E-state index in [1.165, 1.54) is 5.56 Å². The lowest BCUT2D eigenvalue weighted by molar-refractivity contribution is 0.350. The Balaban J connectivity index is 2.31. The fourth-order valence-corrected chi connectivity index (χ4v) is 1.04. The van der Waals surface area contributed by atoms with Crippen LogP contribution in [0.4, 0.5) is 0 Å². The van der Waals surface area contributed by atoms with Gasteiger partial charge in [0.1, 0.15) is 6.61 Å². The van der Waals surface area contributed by atoms with E-state index >= 15 is 0 Å². The van der Waals surface area contributed by atoms with E-state index in [2.05, 4.69) is 35.8 Å². The number of aliphatic hydroxyl groups is 1. The summed E-state index contributed by atoms with van der Waals surface area (Å²) in [6.45, 7) is -0.118. The maximum atomic E-state index is 8.36. The number of aliphatic hydroxyl groups excluding tert-OH is 1. The molecule has 70 valence electrons. The minimum atomic E-state index is -0.118. The van der Waals surface area contributed by atoms with Gasteiger partial charge < -0.3 is 5.11 Å². The van der Waals surface area contributed by atoms with Crippen LogP contribution in [0.5, 0.6) is 0 Å². The predicted octanol–water partition coefficient (Wildman–Crippen LogP) is 1.62. The van der Waals surface area contributed by atoms with Crippen molar-refractivity contribution in [2.75, 3.05) is 6.61 Å². The van der Waals surface area contributed by atoms with Gasteiger partial charge in [-0.05, 0) is 23.8 Å². The summed E-state index contributed by atoms with van der Waals surface area (Å²) in [6.07, 6.45) is 1.76. The highest BCUT2D eigenvalue weighted by atomic mass is 16.2. The van der Waals surface area contributed by atoms with Crippen molar-refractivity contribution < 1.29 is 5.11 Å². The lowest BCUT2D eigenvalue weighted by atomic mass is 10.1. The second kappa shape index (κ2) is 6.78.